The molecule has 0 unspecified atom stereocenters. The minimum atomic E-state index is 1.16. The van der Waals surface area contributed by atoms with Crippen LogP contribution in [-0.2, 0) is 0 Å². The summed E-state index contributed by atoms with van der Waals surface area (Å²) in [5.74, 6) is 0. The second-order valence-corrected chi connectivity index (χ2v) is 20.3. The third-order valence-electron chi connectivity index (χ3n) is 16.6. The summed E-state index contributed by atoms with van der Waals surface area (Å²) in [6.07, 6.45) is 0. The van der Waals surface area contributed by atoms with Gasteiger partial charge in [0.05, 0.1) is 11.0 Å². The maximum absolute atomic E-state index is 2.46. The van der Waals surface area contributed by atoms with Gasteiger partial charge in [0.15, 0.2) is 0 Å². The Hall–Kier alpha value is -9.56. The lowest BCUT2D eigenvalue weighted by molar-refractivity contribution is 1.18. The highest BCUT2D eigenvalue weighted by atomic mass is 15.0. The number of hydrogen-bond donors (Lipinski definition) is 0. The van der Waals surface area contributed by atoms with Gasteiger partial charge in [-0.2, -0.15) is 0 Å². The molecule has 0 saturated heterocycles. The second-order valence-electron chi connectivity index (χ2n) is 20.3. The first-order valence-corrected chi connectivity index (χ1v) is 25.5. The van der Waals surface area contributed by atoms with Gasteiger partial charge in [0.25, 0.3) is 0 Å². The molecular weight excluding hydrogens is 879 g/mol. The summed E-state index contributed by atoms with van der Waals surface area (Å²) in [7, 11) is 0. The SMILES string of the molecule is c1cc2ccc3ccc(-c4cc(-c5ccc6ccc7cccc8ccc5c6c78)cc(-c5ccc6ccc7c(-c8ccc(-n9c%10ccccc%10c%10ccccc%109)cc8)ccc8ccc5c6c87)c4)c4ccc(c1)c2c34. The molecule has 0 fully saturated rings. The van der Waals surface area contributed by atoms with Crippen molar-refractivity contribution in [3.63, 3.8) is 0 Å². The van der Waals surface area contributed by atoms with E-state index in [0.717, 1.165) is 5.69 Å². The van der Waals surface area contributed by atoms with Crippen LogP contribution in [0, 0.1) is 0 Å². The Morgan fingerprint density at radius 2 is 0.493 bits per heavy atom. The van der Waals surface area contributed by atoms with Gasteiger partial charge in [0.2, 0.25) is 0 Å². The molecule has 17 aromatic rings. The maximum atomic E-state index is 2.46. The molecule has 1 heterocycles. The first kappa shape index (κ1) is 39.2. The van der Waals surface area contributed by atoms with E-state index in [1.165, 1.54) is 163 Å². The smallest absolute Gasteiger partial charge is 0.0541 e. The summed E-state index contributed by atoms with van der Waals surface area (Å²) in [6, 6.07) is 94.0. The number of nitrogens with zero attached hydrogens (tertiary/aromatic N) is 1. The minimum Gasteiger partial charge on any atom is -0.309 e. The molecule has 0 aliphatic rings. The first-order chi connectivity index (χ1) is 36.2. The van der Waals surface area contributed by atoms with Crippen molar-refractivity contribution < 1.29 is 0 Å². The normalized spacial score (nSPS) is 12.4. The highest BCUT2D eigenvalue weighted by molar-refractivity contribution is 6.29. The van der Waals surface area contributed by atoms with Crippen molar-refractivity contribution in [3.8, 4) is 50.2 Å². The van der Waals surface area contributed by atoms with Crippen molar-refractivity contribution in [1.82, 2.24) is 4.57 Å². The van der Waals surface area contributed by atoms with E-state index in [1.807, 2.05) is 0 Å². The van der Waals surface area contributed by atoms with Crippen LogP contribution < -0.4 is 0 Å². The summed E-state index contributed by atoms with van der Waals surface area (Å²) in [5.41, 5.74) is 13.4. The van der Waals surface area contributed by atoms with Crippen LogP contribution in [0.5, 0.6) is 0 Å². The third kappa shape index (κ3) is 5.46. The Morgan fingerprint density at radius 3 is 0.877 bits per heavy atom. The first-order valence-electron chi connectivity index (χ1n) is 25.5. The molecule has 1 heteroatoms. The zero-order valence-electron chi connectivity index (χ0n) is 39.6. The van der Waals surface area contributed by atoms with Crippen LogP contribution in [0.25, 0.3) is 169 Å². The number of para-hydroxylation sites is 2. The molecule has 334 valence electrons. The number of hydrogen-bond acceptors (Lipinski definition) is 0. The van der Waals surface area contributed by atoms with Gasteiger partial charge in [-0.05, 0) is 184 Å². The molecule has 0 saturated carbocycles. The Labute approximate surface area is 420 Å². The zero-order valence-corrected chi connectivity index (χ0v) is 39.6. The van der Waals surface area contributed by atoms with Gasteiger partial charge in [-0.15, -0.1) is 0 Å². The molecule has 0 amide bonds. The van der Waals surface area contributed by atoms with Gasteiger partial charge in [-0.1, -0.05) is 206 Å². The van der Waals surface area contributed by atoms with Crippen LogP contribution in [0.2, 0.25) is 0 Å². The Balaban J connectivity index is 0.880. The fourth-order valence-corrected chi connectivity index (χ4v) is 13.4. The Bertz CT molecular complexity index is 4880. The molecule has 0 radical (unpaired) electrons. The summed E-state index contributed by atoms with van der Waals surface area (Å²) >= 11 is 0. The second kappa shape index (κ2) is 14.5. The van der Waals surface area contributed by atoms with Crippen molar-refractivity contribution in [2.24, 2.45) is 0 Å². The molecule has 16 aromatic carbocycles. The standard InChI is InChI=1S/C72H41N/c1-3-13-65-59(11-1)60-12-2-4-14-66(60)73(65)54-29-19-42(20-30-54)55-31-21-49-28-38-64-58(34-24-50-27-37-61(55)71(49)72(50)64)53-40-51(56-32-22-47-17-15-43-7-5-9-45-25-35-62(56)69(47)67(43)45)39-52(41-53)57-33-23-48-18-16-44-8-6-10-46-26-36-63(57)70(48)68(44)46/h1-41H. The summed E-state index contributed by atoms with van der Waals surface area (Å²) < 4.78 is 2.40. The zero-order chi connectivity index (χ0) is 47.5. The fourth-order valence-electron chi connectivity index (χ4n) is 13.4. The lowest BCUT2D eigenvalue weighted by Gasteiger charge is -2.19. The van der Waals surface area contributed by atoms with Crippen molar-refractivity contribution in [1.29, 1.82) is 0 Å². The van der Waals surface area contributed by atoms with Crippen molar-refractivity contribution in [3.05, 3.63) is 249 Å². The fraction of sp³-hybridized carbons (Fsp3) is 0. The van der Waals surface area contributed by atoms with E-state index in [-0.39, 0.29) is 0 Å². The lowest BCUT2D eigenvalue weighted by atomic mass is 9.84. The van der Waals surface area contributed by atoms with Crippen LogP contribution in [-0.4, -0.2) is 4.57 Å². The minimum absolute atomic E-state index is 1.16. The number of benzene rings is 16. The molecule has 1 aromatic heterocycles. The van der Waals surface area contributed by atoms with Crippen molar-refractivity contribution >= 4 is 119 Å². The molecular formula is C72H41N. The van der Waals surface area contributed by atoms with Crippen molar-refractivity contribution in [2.75, 3.05) is 0 Å². The number of fused-ring (bicyclic) bond motifs is 3. The Morgan fingerprint density at radius 1 is 0.192 bits per heavy atom. The Kier molecular flexibility index (Phi) is 7.79. The molecule has 0 spiro atoms. The average Bonchev–Trinajstić information content (AvgIpc) is 3.80. The predicted molar refractivity (Wildman–Crippen MR) is 314 cm³/mol. The quantitative estimate of drug-likeness (QED) is 0.152. The van der Waals surface area contributed by atoms with E-state index in [4.69, 9.17) is 0 Å². The molecule has 0 atom stereocenters. The molecule has 1 nitrogen and oxygen atoms in total. The van der Waals surface area contributed by atoms with E-state index in [0.29, 0.717) is 0 Å². The van der Waals surface area contributed by atoms with E-state index < -0.39 is 0 Å². The highest BCUT2D eigenvalue weighted by Crippen LogP contribution is 2.47. The number of rotatable bonds is 5. The van der Waals surface area contributed by atoms with Gasteiger partial charge in [-0.3, -0.25) is 0 Å². The van der Waals surface area contributed by atoms with Gasteiger partial charge in [0.1, 0.15) is 0 Å². The van der Waals surface area contributed by atoms with E-state index in [2.05, 4.69) is 253 Å². The molecule has 0 N–H and O–H groups in total. The summed E-state index contributed by atoms with van der Waals surface area (Å²) in [6.45, 7) is 0. The predicted octanol–water partition coefficient (Wildman–Crippen LogP) is 20.1. The van der Waals surface area contributed by atoms with Gasteiger partial charge < -0.3 is 4.57 Å². The topological polar surface area (TPSA) is 4.93 Å². The summed E-state index contributed by atoms with van der Waals surface area (Å²) in [5, 5.41) is 25.8. The van der Waals surface area contributed by atoms with Crippen molar-refractivity contribution in [2.45, 2.75) is 0 Å². The summed E-state index contributed by atoms with van der Waals surface area (Å²) in [4.78, 5) is 0. The van der Waals surface area contributed by atoms with Crippen LogP contribution in [0.1, 0.15) is 0 Å². The molecule has 73 heavy (non-hydrogen) atoms. The third-order valence-corrected chi connectivity index (χ3v) is 16.6. The van der Waals surface area contributed by atoms with Gasteiger partial charge in [0, 0.05) is 16.5 Å². The maximum Gasteiger partial charge on any atom is 0.0541 e. The van der Waals surface area contributed by atoms with Crippen LogP contribution >= 0.6 is 0 Å². The molecule has 17 rings (SSSR count). The van der Waals surface area contributed by atoms with Gasteiger partial charge in [-0.25, -0.2) is 0 Å². The monoisotopic (exact) mass is 919 g/mol. The van der Waals surface area contributed by atoms with Crippen LogP contribution in [0.15, 0.2) is 249 Å². The highest BCUT2D eigenvalue weighted by Gasteiger charge is 2.20. The van der Waals surface area contributed by atoms with E-state index in [1.54, 1.807) is 0 Å². The van der Waals surface area contributed by atoms with Crippen LogP contribution in [0.4, 0.5) is 0 Å². The number of aromatic nitrogens is 1. The van der Waals surface area contributed by atoms with Gasteiger partial charge >= 0.3 is 0 Å². The van der Waals surface area contributed by atoms with Crippen LogP contribution in [0.3, 0.4) is 0 Å². The average molecular weight is 920 g/mol. The molecule has 0 aliphatic carbocycles. The lowest BCUT2D eigenvalue weighted by Crippen LogP contribution is -1.94. The molecule has 0 bridgehead atoms. The van der Waals surface area contributed by atoms with E-state index in [9.17, 15) is 0 Å². The largest absolute Gasteiger partial charge is 0.309 e. The van der Waals surface area contributed by atoms with E-state index >= 15 is 0 Å². The molecule has 0 aliphatic heterocycles.